The van der Waals surface area contributed by atoms with Crippen molar-refractivity contribution >= 4 is 29.9 Å². The largest absolute Gasteiger partial charge is 0.354 e. The second kappa shape index (κ2) is 4.89. The van der Waals surface area contributed by atoms with Crippen molar-refractivity contribution in [2.45, 2.75) is 19.3 Å². The summed E-state index contributed by atoms with van der Waals surface area (Å²) in [4.78, 5) is 6.76. The lowest BCUT2D eigenvalue weighted by atomic mass is 10.1. The number of halogens is 1. The zero-order valence-electron chi connectivity index (χ0n) is 7.25. The predicted octanol–water partition coefficient (Wildman–Crippen LogP) is 1.05. The molecule has 0 spiro atoms. The molecule has 0 aromatic heterocycles. The van der Waals surface area contributed by atoms with Crippen molar-refractivity contribution in [3.05, 3.63) is 0 Å². The van der Waals surface area contributed by atoms with Crippen LogP contribution in [-0.4, -0.2) is 37.0 Å². The van der Waals surface area contributed by atoms with Gasteiger partial charge in [-0.1, -0.05) is 0 Å². The Labute approximate surface area is 90.6 Å². The third kappa shape index (κ3) is 2.24. The van der Waals surface area contributed by atoms with E-state index in [2.05, 4.69) is 15.2 Å². The maximum Gasteiger partial charge on any atom is 0.194 e. The van der Waals surface area contributed by atoms with Crippen molar-refractivity contribution in [2.75, 3.05) is 26.2 Å². The molecule has 2 heterocycles. The molecule has 0 radical (unpaired) electrons. The van der Waals surface area contributed by atoms with Gasteiger partial charge in [0.25, 0.3) is 0 Å². The van der Waals surface area contributed by atoms with Crippen LogP contribution in [0.2, 0.25) is 0 Å². The van der Waals surface area contributed by atoms with Crippen LogP contribution < -0.4 is 5.32 Å². The van der Waals surface area contributed by atoms with Crippen LogP contribution >= 0.6 is 24.0 Å². The minimum Gasteiger partial charge on any atom is -0.354 e. The molecule has 0 aliphatic carbocycles. The van der Waals surface area contributed by atoms with Gasteiger partial charge in [-0.3, -0.25) is 4.99 Å². The van der Waals surface area contributed by atoms with Gasteiger partial charge in [-0.25, -0.2) is 0 Å². The average molecular weight is 281 g/mol. The van der Waals surface area contributed by atoms with Gasteiger partial charge < -0.3 is 10.2 Å². The van der Waals surface area contributed by atoms with Gasteiger partial charge in [0.2, 0.25) is 0 Å². The highest BCUT2D eigenvalue weighted by molar-refractivity contribution is 14.0. The third-order valence-corrected chi connectivity index (χ3v) is 2.31. The Morgan fingerprint density at radius 1 is 1.17 bits per heavy atom. The first-order valence-electron chi connectivity index (χ1n) is 4.50. The molecule has 12 heavy (non-hydrogen) atoms. The first-order chi connectivity index (χ1) is 5.47. The fourth-order valence-corrected chi connectivity index (χ4v) is 1.70. The quantitative estimate of drug-likeness (QED) is 0.672. The molecule has 70 valence electrons. The molecular weight excluding hydrogens is 265 g/mol. The third-order valence-electron chi connectivity index (χ3n) is 2.31. The summed E-state index contributed by atoms with van der Waals surface area (Å²) < 4.78 is 0. The van der Waals surface area contributed by atoms with Crippen LogP contribution in [-0.2, 0) is 0 Å². The maximum atomic E-state index is 4.39. The van der Waals surface area contributed by atoms with Crippen LogP contribution in [0.5, 0.6) is 0 Å². The van der Waals surface area contributed by atoms with Gasteiger partial charge in [0, 0.05) is 19.6 Å². The topological polar surface area (TPSA) is 27.6 Å². The van der Waals surface area contributed by atoms with Crippen LogP contribution in [0.1, 0.15) is 19.3 Å². The van der Waals surface area contributed by atoms with Gasteiger partial charge >= 0.3 is 0 Å². The number of hydrogen-bond donors (Lipinski definition) is 1. The van der Waals surface area contributed by atoms with Crippen LogP contribution in [0.4, 0.5) is 0 Å². The van der Waals surface area contributed by atoms with Gasteiger partial charge in [-0.2, -0.15) is 0 Å². The summed E-state index contributed by atoms with van der Waals surface area (Å²) in [6.07, 6.45) is 4.06. The molecular formula is C8H16IN3. The summed E-state index contributed by atoms with van der Waals surface area (Å²) in [5, 5.41) is 3.30. The number of guanidine groups is 1. The molecule has 1 fully saturated rings. The lowest BCUT2D eigenvalue weighted by Crippen LogP contribution is -2.41. The summed E-state index contributed by atoms with van der Waals surface area (Å²) in [7, 11) is 0. The Kier molecular flexibility index (Phi) is 4.11. The Morgan fingerprint density at radius 3 is 2.50 bits per heavy atom. The zero-order valence-corrected chi connectivity index (χ0v) is 9.58. The summed E-state index contributed by atoms with van der Waals surface area (Å²) in [6.45, 7) is 4.40. The minimum atomic E-state index is 0. The summed E-state index contributed by atoms with van der Waals surface area (Å²) in [5.41, 5.74) is 0. The van der Waals surface area contributed by atoms with E-state index in [0.717, 1.165) is 19.0 Å². The smallest absolute Gasteiger partial charge is 0.194 e. The highest BCUT2D eigenvalue weighted by Gasteiger charge is 2.16. The lowest BCUT2D eigenvalue weighted by Gasteiger charge is -2.28. The van der Waals surface area contributed by atoms with Crippen LogP contribution in [0.25, 0.3) is 0 Å². The molecule has 0 aromatic rings. The van der Waals surface area contributed by atoms with E-state index in [9.17, 15) is 0 Å². The van der Waals surface area contributed by atoms with Gasteiger partial charge in [0.1, 0.15) is 0 Å². The lowest BCUT2D eigenvalue weighted by molar-refractivity contribution is 0.335. The number of likely N-dealkylation sites (tertiary alicyclic amines) is 1. The van der Waals surface area contributed by atoms with Crippen molar-refractivity contribution in [3.8, 4) is 0 Å². The van der Waals surface area contributed by atoms with Crippen molar-refractivity contribution in [3.63, 3.8) is 0 Å². The predicted molar refractivity (Wildman–Crippen MR) is 61.1 cm³/mol. The number of rotatable bonds is 0. The molecule has 3 nitrogen and oxygen atoms in total. The summed E-state index contributed by atoms with van der Waals surface area (Å²) in [5.74, 6) is 1.14. The van der Waals surface area contributed by atoms with Gasteiger partial charge in [-0.05, 0) is 19.3 Å². The van der Waals surface area contributed by atoms with Crippen LogP contribution in [0.15, 0.2) is 4.99 Å². The van der Waals surface area contributed by atoms with E-state index >= 15 is 0 Å². The van der Waals surface area contributed by atoms with Crippen LogP contribution in [0, 0.1) is 0 Å². The number of nitrogens with zero attached hydrogens (tertiary/aromatic N) is 2. The summed E-state index contributed by atoms with van der Waals surface area (Å²) in [6, 6.07) is 0. The van der Waals surface area contributed by atoms with E-state index in [4.69, 9.17) is 0 Å². The number of hydrogen-bond acceptors (Lipinski definition) is 3. The van der Waals surface area contributed by atoms with E-state index in [1.165, 1.54) is 32.4 Å². The molecule has 2 aliphatic heterocycles. The monoisotopic (exact) mass is 281 g/mol. The van der Waals surface area contributed by atoms with E-state index in [1.54, 1.807) is 0 Å². The summed E-state index contributed by atoms with van der Waals surface area (Å²) >= 11 is 0. The molecule has 0 amide bonds. The number of piperidine rings is 1. The second-order valence-electron chi connectivity index (χ2n) is 3.18. The Balaban J connectivity index is 0.000000720. The Morgan fingerprint density at radius 2 is 1.92 bits per heavy atom. The Bertz CT molecular complexity index is 164. The molecule has 0 unspecified atom stereocenters. The van der Waals surface area contributed by atoms with Gasteiger partial charge in [-0.15, -0.1) is 24.0 Å². The molecule has 0 aromatic carbocycles. The molecule has 0 saturated carbocycles. The van der Waals surface area contributed by atoms with E-state index in [1.807, 2.05) is 0 Å². The number of aliphatic imine (C=N–C) groups is 1. The normalized spacial score (nSPS) is 22.7. The molecule has 1 saturated heterocycles. The molecule has 0 atom stereocenters. The van der Waals surface area contributed by atoms with Crippen LogP contribution in [0.3, 0.4) is 0 Å². The molecule has 2 aliphatic rings. The first-order valence-corrected chi connectivity index (χ1v) is 4.50. The van der Waals surface area contributed by atoms with E-state index in [0.29, 0.717) is 0 Å². The first kappa shape index (κ1) is 10.1. The fourth-order valence-electron chi connectivity index (χ4n) is 1.70. The van der Waals surface area contributed by atoms with Crippen molar-refractivity contribution in [2.24, 2.45) is 4.99 Å². The van der Waals surface area contributed by atoms with E-state index < -0.39 is 0 Å². The number of nitrogens with one attached hydrogen (secondary N) is 1. The van der Waals surface area contributed by atoms with E-state index in [-0.39, 0.29) is 24.0 Å². The van der Waals surface area contributed by atoms with Crippen molar-refractivity contribution < 1.29 is 0 Å². The fraction of sp³-hybridized carbons (Fsp3) is 0.875. The molecule has 2 rings (SSSR count). The van der Waals surface area contributed by atoms with Crippen molar-refractivity contribution in [1.82, 2.24) is 10.2 Å². The zero-order chi connectivity index (χ0) is 7.52. The molecule has 0 bridgehead atoms. The molecule has 4 heteroatoms. The Hall–Kier alpha value is 0. The molecule has 1 N–H and O–H groups in total. The average Bonchev–Trinajstić information content (AvgIpc) is 2.58. The van der Waals surface area contributed by atoms with Crippen molar-refractivity contribution in [1.29, 1.82) is 0 Å². The highest BCUT2D eigenvalue weighted by Crippen LogP contribution is 2.09. The van der Waals surface area contributed by atoms with Gasteiger partial charge in [0.15, 0.2) is 5.96 Å². The second-order valence-corrected chi connectivity index (χ2v) is 3.18. The highest BCUT2D eigenvalue weighted by atomic mass is 127. The minimum absolute atomic E-state index is 0. The maximum absolute atomic E-state index is 4.39. The SMILES string of the molecule is C1CCN(C2=NCCN2)CC1.I. The standard InChI is InChI=1S/C8H15N3.HI/c1-2-6-11(7-3-1)8-9-4-5-10-8;/h1-7H2,(H,9,10);1H. The van der Waals surface area contributed by atoms with Gasteiger partial charge in [0.05, 0.1) is 6.54 Å².